The van der Waals surface area contributed by atoms with Gasteiger partial charge in [-0.25, -0.2) is 0 Å². The number of aryl methyl sites for hydroxylation is 1. The molecule has 1 aliphatic rings. The highest BCUT2D eigenvalue weighted by Crippen LogP contribution is 2.40. The first-order valence-corrected chi connectivity index (χ1v) is 11.8. The van der Waals surface area contributed by atoms with Crippen LogP contribution in [-0.2, 0) is 9.59 Å². The third-order valence-corrected chi connectivity index (χ3v) is 6.28. The molecule has 0 bridgehead atoms. The molecule has 2 aromatic rings. The van der Waals surface area contributed by atoms with Crippen LogP contribution in [0.2, 0.25) is 0 Å². The molecule has 2 amide bonds. The number of rotatable bonds is 9. The van der Waals surface area contributed by atoms with Gasteiger partial charge in [0.05, 0.1) is 38.4 Å². The minimum absolute atomic E-state index is 0.0207. The zero-order chi connectivity index (χ0) is 23.8. The number of anilines is 1. The first kappa shape index (κ1) is 24.5. The number of nitrogens with one attached hydrogen (secondary N) is 1. The van der Waals surface area contributed by atoms with Gasteiger partial charge in [0, 0.05) is 30.9 Å². The van der Waals surface area contributed by atoms with E-state index in [1.165, 1.54) is 11.8 Å². The summed E-state index contributed by atoms with van der Waals surface area (Å²) in [6.07, 6.45) is 2.71. The zero-order valence-electron chi connectivity index (χ0n) is 19.5. The highest BCUT2D eigenvalue weighted by atomic mass is 32.2. The molecular formula is C25H30N2O5S. The van der Waals surface area contributed by atoms with Crippen LogP contribution in [0.5, 0.6) is 17.2 Å². The molecule has 7 nitrogen and oxygen atoms in total. The van der Waals surface area contributed by atoms with Gasteiger partial charge in [0.15, 0.2) is 0 Å². The number of nitrogens with zero attached hydrogens (tertiary/aromatic N) is 1. The van der Waals surface area contributed by atoms with Gasteiger partial charge >= 0.3 is 0 Å². The number of hydrogen-bond donors (Lipinski definition) is 1. The van der Waals surface area contributed by atoms with Gasteiger partial charge in [-0.1, -0.05) is 18.2 Å². The Morgan fingerprint density at radius 1 is 1.03 bits per heavy atom. The standard InChI is InChI=1S/C25H30N2O5S/c1-17-6-5-7-19(12-17)26-23(28)15-33-16-24(29)27-10-8-18(9-11-27)25-21(31-3)13-20(30-2)14-22(25)32-4/h5-8,12-14H,9-11,15-16H2,1-4H3,(H,26,28). The Kier molecular flexibility index (Phi) is 8.65. The predicted molar refractivity (Wildman–Crippen MR) is 132 cm³/mol. The van der Waals surface area contributed by atoms with E-state index in [0.29, 0.717) is 36.8 Å². The maximum Gasteiger partial charge on any atom is 0.234 e. The van der Waals surface area contributed by atoms with Gasteiger partial charge in [0.25, 0.3) is 0 Å². The summed E-state index contributed by atoms with van der Waals surface area (Å²) in [7, 11) is 4.83. The van der Waals surface area contributed by atoms with Crippen molar-refractivity contribution >= 4 is 34.8 Å². The molecule has 0 fully saturated rings. The molecule has 0 aromatic heterocycles. The van der Waals surface area contributed by atoms with Gasteiger partial charge in [-0.2, -0.15) is 0 Å². The Bertz CT molecular complexity index is 1010. The molecule has 8 heteroatoms. The zero-order valence-corrected chi connectivity index (χ0v) is 20.3. The monoisotopic (exact) mass is 470 g/mol. The highest BCUT2D eigenvalue weighted by Gasteiger charge is 2.23. The second kappa shape index (κ2) is 11.7. The molecule has 1 aliphatic heterocycles. The highest BCUT2D eigenvalue weighted by molar-refractivity contribution is 8.00. The Morgan fingerprint density at radius 2 is 1.76 bits per heavy atom. The van der Waals surface area contributed by atoms with Crippen LogP contribution in [0.15, 0.2) is 42.5 Å². The normalized spacial score (nSPS) is 13.2. The van der Waals surface area contributed by atoms with Crippen molar-refractivity contribution in [3.05, 3.63) is 53.6 Å². The van der Waals surface area contributed by atoms with Crippen molar-refractivity contribution in [3.63, 3.8) is 0 Å². The molecule has 33 heavy (non-hydrogen) atoms. The molecule has 0 atom stereocenters. The maximum absolute atomic E-state index is 12.6. The first-order valence-electron chi connectivity index (χ1n) is 10.7. The number of methoxy groups -OCH3 is 3. The minimum Gasteiger partial charge on any atom is -0.496 e. The topological polar surface area (TPSA) is 77.1 Å². The Hall–Kier alpha value is -3.13. The lowest BCUT2D eigenvalue weighted by molar-refractivity contribution is -0.127. The second-order valence-corrected chi connectivity index (χ2v) is 8.62. The van der Waals surface area contributed by atoms with E-state index < -0.39 is 0 Å². The average molecular weight is 471 g/mol. The molecule has 3 rings (SSSR count). The largest absolute Gasteiger partial charge is 0.496 e. The van der Waals surface area contributed by atoms with E-state index >= 15 is 0 Å². The van der Waals surface area contributed by atoms with Crippen molar-refractivity contribution in [1.29, 1.82) is 0 Å². The van der Waals surface area contributed by atoms with Crippen molar-refractivity contribution in [2.75, 3.05) is 51.2 Å². The Morgan fingerprint density at radius 3 is 2.33 bits per heavy atom. The fourth-order valence-corrected chi connectivity index (χ4v) is 4.40. The lowest BCUT2D eigenvalue weighted by Gasteiger charge is -2.28. The van der Waals surface area contributed by atoms with Crippen molar-refractivity contribution < 1.29 is 23.8 Å². The summed E-state index contributed by atoms with van der Waals surface area (Å²) in [4.78, 5) is 26.6. The van der Waals surface area contributed by atoms with E-state index in [2.05, 4.69) is 5.32 Å². The van der Waals surface area contributed by atoms with Crippen LogP contribution in [0.4, 0.5) is 5.69 Å². The quantitative estimate of drug-likeness (QED) is 0.597. The molecule has 1 N–H and O–H groups in total. The average Bonchev–Trinajstić information content (AvgIpc) is 2.83. The van der Waals surface area contributed by atoms with Crippen molar-refractivity contribution in [1.82, 2.24) is 4.90 Å². The number of carbonyl (C=O) groups is 2. The van der Waals surface area contributed by atoms with Crippen molar-refractivity contribution in [2.24, 2.45) is 0 Å². The summed E-state index contributed by atoms with van der Waals surface area (Å²) in [6.45, 7) is 3.07. The minimum atomic E-state index is -0.113. The van der Waals surface area contributed by atoms with Crippen LogP contribution in [0.3, 0.4) is 0 Å². The smallest absolute Gasteiger partial charge is 0.234 e. The molecule has 0 radical (unpaired) electrons. The van der Waals surface area contributed by atoms with Gasteiger partial charge in [0.2, 0.25) is 11.8 Å². The Balaban J connectivity index is 1.54. The van der Waals surface area contributed by atoms with Gasteiger partial charge in [-0.05, 0) is 36.6 Å². The molecular weight excluding hydrogens is 440 g/mol. The van der Waals surface area contributed by atoms with E-state index in [1.807, 2.05) is 49.4 Å². The molecule has 0 saturated heterocycles. The van der Waals surface area contributed by atoms with Gasteiger partial charge in [-0.3, -0.25) is 9.59 Å². The molecule has 1 heterocycles. The van der Waals surface area contributed by atoms with E-state index in [9.17, 15) is 9.59 Å². The van der Waals surface area contributed by atoms with Crippen LogP contribution in [-0.4, -0.2) is 62.6 Å². The summed E-state index contributed by atoms with van der Waals surface area (Å²) in [6, 6.07) is 11.3. The van der Waals surface area contributed by atoms with Gasteiger partial charge in [0.1, 0.15) is 17.2 Å². The summed E-state index contributed by atoms with van der Waals surface area (Å²) >= 11 is 1.32. The third kappa shape index (κ3) is 6.44. The number of ether oxygens (including phenoxy) is 3. The lowest BCUT2D eigenvalue weighted by atomic mass is 9.97. The number of amides is 2. The number of benzene rings is 2. The molecule has 176 valence electrons. The Labute approximate surface area is 199 Å². The number of hydrogen-bond acceptors (Lipinski definition) is 6. The SMILES string of the molecule is COc1cc(OC)c(C2=CCN(C(=O)CSCC(=O)Nc3cccc(C)c3)CC2)c(OC)c1. The summed E-state index contributed by atoms with van der Waals surface area (Å²) in [5.74, 6) is 2.41. The molecule has 2 aromatic carbocycles. The van der Waals surface area contributed by atoms with Crippen molar-refractivity contribution in [3.8, 4) is 17.2 Å². The molecule has 0 saturated carbocycles. The van der Waals surface area contributed by atoms with Crippen LogP contribution >= 0.6 is 11.8 Å². The molecule has 0 aliphatic carbocycles. The van der Waals surface area contributed by atoms with Gasteiger partial charge in [-0.15, -0.1) is 11.8 Å². The lowest BCUT2D eigenvalue weighted by Crippen LogP contribution is -2.36. The van der Waals surface area contributed by atoms with E-state index in [0.717, 1.165) is 22.4 Å². The molecule has 0 unspecified atom stereocenters. The van der Waals surface area contributed by atoms with E-state index in [1.54, 1.807) is 26.2 Å². The van der Waals surface area contributed by atoms with Crippen molar-refractivity contribution in [2.45, 2.75) is 13.3 Å². The van der Waals surface area contributed by atoms with E-state index in [-0.39, 0.29) is 23.3 Å². The fourth-order valence-electron chi connectivity index (χ4n) is 3.69. The number of thioether (sulfide) groups is 1. The van der Waals surface area contributed by atoms with Crippen LogP contribution < -0.4 is 19.5 Å². The third-order valence-electron chi connectivity index (χ3n) is 5.36. The predicted octanol–water partition coefficient (Wildman–Crippen LogP) is 4.01. The van der Waals surface area contributed by atoms with Gasteiger partial charge < -0.3 is 24.4 Å². The molecule has 0 spiro atoms. The maximum atomic E-state index is 12.6. The second-order valence-electron chi connectivity index (χ2n) is 7.64. The fraction of sp³-hybridized carbons (Fsp3) is 0.360. The van der Waals surface area contributed by atoms with Crippen LogP contribution in [0, 0.1) is 6.92 Å². The van der Waals surface area contributed by atoms with E-state index in [4.69, 9.17) is 14.2 Å². The number of carbonyl (C=O) groups excluding carboxylic acids is 2. The van der Waals surface area contributed by atoms with Crippen LogP contribution in [0.1, 0.15) is 17.5 Å². The first-order chi connectivity index (χ1) is 15.9. The summed E-state index contributed by atoms with van der Waals surface area (Å²) < 4.78 is 16.4. The summed E-state index contributed by atoms with van der Waals surface area (Å²) in [5.41, 5.74) is 3.80. The summed E-state index contributed by atoms with van der Waals surface area (Å²) in [5, 5.41) is 2.86. The van der Waals surface area contributed by atoms with Crippen LogP contribution in [0.25, 0.3) is 5.57 Å².